The molecule has 1 unspecified atom stereocenters. The Labute approximate surface area is 141 Å². The molecule has 2 rings (SSSR count). The summed E-state index contributed by atoms with van der Waals surface area (Å²) in [5.41, 5.74) is 0.849. The SMILES string of the molecule is CCC(Cc1c(Cl)cccc1Cl)C(=O)N(C)N1CCOCC1. The number of hydrogen-bond donors (Lipinski definition) is 0. The van der Waals surface area contributed by atoms with Crippen molar-refractivity contribution < 1.29 is 9.53 Å². The van der Waals surface area contributed by atoms with Crippen LogP contribution in [0.2, 0.25) is 10.0 Å². The van der Waals surface area contributed by atoms with Crippen LogP contribution in [0.25, 0.3) is 0 Å². The zero-order valence-corrected chi connectivity index (χ0v) is 14.5. The van der Waals surface area contributed by atoms with Gasteiger partial charge < -0.3 is 4.74 Å². The second kappa shape index (κ2) is 8.16. The van der Waals surface area contributed by atoms with Crippen LogP contribution in [0.1, 0.15) is 18.9 Å². The van der Waals surface area contributed by atoms with Gasteiger partial charge in [-0.3, -0.25) is 9.80 Å². The van der Waals surface area contributed by atoms with E-state index in [1.807, 2.05) is 37.2 Å². The molecule has 1 saturated heterocycles. The number of halogens is 2. The van der Waals surface area contributed by atoms with E-state index in [-0.39, 0.29) is 11.8 Å². The number of rotatable bonds is 5. The number of carbonyl (C=O) groups excluding carboxylic acids is 1. The third-order valence-electron chi connectivity index (χ3n) is 4.08. The van der Waals surface area contributed by atoms with Gasteiger partial charge in [0.2, 0.25) is 5.91 Å². The van der Waals surface area contributed by atoms with Gasteiger partial charge in [-0.1, -0.05) is 36.2 Å². The van der Waals surface area contributed by atoms with Crippen LogP contribution in [0, 0.1) is 5.92 Å². The number of hydrazine groups is 1. The molecule has 22 heavy (non-hydrogen) atoms. The van der Waals surface area contributed by atoms with Crippen molar-refractivity contribution in [3.8, 4) is 0 Å². The molecule has 122 valence electrons. The molecule has 0 bridgehead atoms. The van der Waals surface area contributed by atoms with Gasteiger partial charge in [0.1, 0.15) is 0 Å². The van der Waals surface area contributed by atoms with Gasteiger partial charge in [-0.05, 0) is 30.5 Å². The molecule has 1 atom stereocenters. The molecule has 6 heteroatoms. The van der Waals surface area contributed by atoms with Crippen molar-refractivity contribution in [1.29, 1.82) is 0 Å². The largest absolute Gasteiger partial charge is 0.379 e. The molecule has 0 saturated carbocycles. The summed E-state index contributed by atoms with van der Waals surface area (Å²) in [5, 5.41) is 4.99. The maximum Gasteiger partial charge on any atom is 0.240 e. The van der Waals surface area contributed by atoms with Gasteiger partial charge in [0, 0.05) is 36.1 Å². The Hall–Kier alpha value is -0.810. The fraction of sp³-hybridized carbons (Fsp3) is 0.562. The lowest BCUT2D eigenvalue weighted by Gasteiger charge is -2.36. The number of morpholine rings is 1. The summed E-state index contributed by atoms with van der Waals surface area (Å²) in [7, 11) is 1.82. The average molecular weight is 345 g/mol. The molecule has 1 aromatic rings. The molecule has 0 radical (unpaired) electrons. The minimum Gasteiger partial charge on any atom is -0.379 e. The number of amides is 1. The number of nitrogens with zero attached hydrogens (tertiary/aromatic N) is 2. The minimum absolute atomic E-state index is 0.0976. The molecule has 0 spiro atoms. The molecule has 4 nitrogen and oxygen atoms in total. The molecule has 0 aliphatic carbocycles. The summed E-state index contributed by atoms with van der Waals surface area (Å²) in [4.78, 5) is 12.8. The first-order valence-corrected chi connectivity index (χ1v) is 8.33. The van der Waals surface area contributed by atoms with Crippen LogP contribution >= 0.6 is 23.2 Å². The van der Waals surface area contributed by atoms with Crippen LogP contribution in [-0.2, 0) is 16.0 Å². The first kappa shape index (κ1) is 17.5. The average Bonchev–Trinajstić information content (AvgIpc) is 2.54. The van der Waals surface area contributed by atoms with Crippen molar-refractivity contribution in [2.75, 3.05) is 33.4 Å². The summed E-state index contributed by atoms with van der Waals surface area (Å²) in [6.45, 7) is 4.81. The highest BCUT2D eigenvalue weighted by Crippen LogP contribution is 2.28. The number of hydrogen-bond acceptors (Lipinski definition) is 3. The molecule has 0 N–H and O–H groups in total. The summed E-state index contributed by atoms with van der Waals surface area (Å²) in [6.07, 6.45) is 1.30. The van der Waals surface area contributed by atoms with E-state index in [0.29, 0.717) is 29.7 Å². The van der Waals surface area contributed by atoms with E-state index >= 15 is 0 Å². The highest BCUT2D eigenvalue weighted by atomic mass is 35.5. The molecule has 1 aromatic carbocycles. The Kier molecular flexibility index (Phi) is 6.50. The van der Waals surface area contributed by atoms with Crippen molar-refractivity contribution >= 4 is 29.1 Å². The minimum atomic E-state index is -0.134. The first-order chi connectivity index (χ1) is 10.5. The Morgan fingerprint density at radius 3 is 2.45 bits per heavy atom. The van der Waals surface area contributed by atoms with Crippen LogP contribution in [0.5, 0.6) is 0 Å². The van der Waals surface area contributed by atoms with E-state index in [4.69, 9.17) is 27.9 Å². The fourth-order valence-electron chi connectivity index (χ4n) is 2.64. The lowest BCUT2D eigenvalue weighted by atomic mass is 9.95. The lowest BCUT2D eigenvalue weighted by molar-refractivity contribution is -0.157. The van der Waals surface area contributed by atoms with Gasteiger partial charge in [0.15, 0.2) is 0 Å². The Morgan fingerprint density at radius 2 is 1.91 bits per heavy atom. The molecular formula is C16H22Cl2N2O2. The Morgan fingerprint density at radius 1 is 1.32 bits per heavy atom. The second-order valence-electron chi connectivity index (χ2n) is 5.44. The Balaban J connectivity index is 2.08. The quantitative estimate of drug-likeness (QED) is 0.821. The third-order valence-corrected chi connectivity index (χ3v) is 4.79. The molecule has 1 aliphatic heterocycles. The first-order valence-electron chi connectivity index (χ1n) is 7.57. The Bertz CT molecular complexity index is 499. The van der Waals surface area contributed by atoms with Gasteiger partial charge in [-0.2, -0.15) is 0 Å². The summed E-state index contributed by atoms with van der Waals surface area (Å²) >= 11 is 12.5. The van der Waals surface area contributed by atoms with Crippen molar-refractivity contribution in [2.24, 2.45) is 5.92 Å². The third kappa shape index (κ3) is 4.13. The van der Waals surface area contributed by atoms with Gasteiger partial charge >= 0.3 is 0 Å². The van der Waals surface area contributed by atoms with Gasteiger partial charge in [-0.15, -0.1) is 0 Å². The number of carbonyl (C=O) groups is 1. The van der Waals surface area contributed by atoms with Gasteiger partial charge in [-0.25, -0.2) is 5.01 Å². The molecule has 1 amide bonds. The van der Waals surface area contributed by atoms with E-state index < -0.39 is 0 Å². The summed E-state index contributed by atoms with van der Waals surface area (Å²) < 4.78 is 5.33. The molecule has 1 fully saturated rings. The maximum atomic E-state index is 12.8. The second-order valence-corrected chi connectivity index (χ2v) is 6.25. The van der Waals surface area contributed by atoms with Crippen LogP contribution < -0.4 is 0 Å². The van der Waals surface area contributed by atoms with Crippen molar-refractivity contribution in [3.63, 3.8) is 0 Å². The van der Waals surface area contributed by atoms with E-state index in [0.717, 1.165) is 25.1 Å². The van der Waals surface area contributed by atoms with Gasteiger partial charge in [0.05, 0.1) is 13.2 Å². The fourth-order valence-corrected chi connectivity index (χ4v) is 3.19. The van der Waals surface area contributed by atoms with Crippen LogP contribution in [-0.4, -0.2) is 49.3 Å². The summed E-state index contributed by atoms with van der Waals surface area (Å²) in [6, 6.07) is 5.44. The zero-order valence-electron chi connectivity index (χ0n) is 13.0. The van der Waals surface area contributed by atoms with Crippen LogP contribution in [0.15, 0.2) is 18.2 Å². The molecule has 1 heterocycles. The maximum absolute atomic E-state index is 12.8. The molecule has 0 aromatic heterocycles. The standard InChI is InChI=1S/C16H22Cl2N2O2/c1-3-12(11-13-14(17)5-4-6-15(13)18)16(21)19(2)20-7-9-22-10-8-20/h4-6,12H,3,7-11H2,1-2H3. The topological polar surface area (TPSA) is 32.8 Å². The van der Waals surface area contributed by atoms with Crippen molar-refractivity contribution in [2.45, 2.75) is 19.8 Å². The van der Waals surface area contributed by atoms with E-state index in [1.165, 1.54) is 0 Å². The number of benzene rings is 1. The van der Waals surface area contributed by atoms with E-state index in [9.17, 15) is 4.79 Å². The van der Waals surface area contributed by atoms with E-state index in [2.05, 4.69) is 0 Å². The smallest absolute Gasteiger partial charge is 0.240 e. The highest BCUT2D eigenvalue weighted by Gasteiger charge is 2.27. The van der Waals surface area contributed by atoms with Crippen molar-refractivity contribution in [1.82, 2.24) is 10.0 Å². The zero-order chi connectivity index (χ0) is 16.1. The molecular weight excluding hydrogens is 323 g/mol. The predicted octanol–water partition coefficient (Wildman–Crippen LogP) is 3.27. The van der Waals surface area contributed by atoms with E-state index in [1.54, 1.807) is 5.01 Å². The van der Waals surface area contributed by atoms with Gasteiger partial charge in [0.25, 0.3) is 0 Å². The van der Waals surface area contributed by atoms with Crippen LogP contribution in [0.4, 0.5) is 0 Å². The lowest BCUT2D eigenvalue weighted by Crippen LogP contribution is -2.51. The summed E-state index contributed by atoms with van der Waals surface area (Å²) in [5.74, 6) is -0.0365. The normalized spacial score (nSPS) is 17.3. The highest BCUT2D eigenvalue weighted by molar-refractivity contribution is 6.36. The predicted molar refractivity (Wildman–Crippen MR) is 89.1 cm³/mol. The van der Waals surface area contributed by atoms with Crippen LogP contribution in [0.3, 0.4) is 0 Å². The number of ether oxygens (including phenoxy) is 1. The molecule has 1 aliphatic rings. The van der Waals surface area contributed by atoms with Crippen molar-refractivity contribution in [3.05, 3.63) is 33.8 Å². The monoisotopic (exact) mass is 344 g/mol.